The molecule has 0 bridgehead atoms. The number of rotatable bonds is 4. The van der Waals surface area contributed by atoms with Crippen LogP contribution >= 0.6 is 11.3 Å². The molecule has 1 unspecified atom stereocenters. The second kappa shape index (κ2) is 5.30. The van der Waals surface area contributed by atoms with Crippen molar-refractivity contribution in [2.75, 3.05) is 18.1 Å². The van der Waals surface area contributed by atoms with E-state index >= 15 is 0 Å². The fourth-order valence-electron chi connectivity index (χ4n) is 1.93. The molecule has 1 aliphatic rings. The van der Waals surface area contributed by atoms with Crippen LogP contribution in [-0.4, -0.2) is 43.5 Å². The number of carboxylic acids is 1. The monoisotopic (exact) mass is 303 g/mol. The van der Waals surface area contributed by atoms with Crippen molar-refractivity contribution >= 4 is 33.1 Å². The minimum Gasteiger partial charge on any atom is -0.477 e. The molecule has 0 saturated carbocycles. The van der Waals surface area contributed by atoms with Crippen LogP contribution in [0.3, 0.4) is 0 Å². The summed E-state index contributed by atoms with van der Waals surface area (Å²) in [4.78, 5) is 22.9. The Hall–Kier alpha value is -1.41. The Morgan fingerprint density at radius 2 is 2.05 bits per heavy atom. The van der Waals surface area contributed by atoms with E-state index in [9.17, 15) is 18.0 Å². The molecule has 8 heteroatoms. The number of carbonyl (C=O) groups excluding carboxylic acids is 1. The molecule has 1 amide bonds. The van der Waals surface area contributed by atoms with Crippen LogP contribution in [0.15, 0.2) is 12.1 Å². The molecular formula is C11H13NO5S2. The molecule has 0 aromatic carbocycles. The van der Waals surface area contributed by atoms with Gasteiger partial charge < -0.3 is 10.4 Å². The number of hydrogen-bond donors (Lipinski definition) is 2. The topological polar surface area (TPSA) is 101 Å². The van der Waals surface area contributed by atoms with Gasteiger partial charge in [0, 0.05) is 6.54 Å². The quantitative estimate of drug-likeness (QED) is 0.849. The number of hydrogen-bond acceptors (Lipinski definition) is 5. The summed E-state index contributed by atoms with van der Waals surface area (Å²) in [5.74, 6) is -1.19. The van der Waals surface area contributed by atoms with Gasteiger partial charge in [-0.2, -0.15) is 0 Å². The van der Waals surface area contributed by atoms with Gasteiger partial charge in [0.15, 0.2) is 9.84 Å². The average Bonchev–Trinajstić information content (AvgIpc) is 2.92. The van der Waals surface area contributed by atoms with Gasteiger partial charge in [0.25, 0.3) is 5.91 Å². The van der Waals surface area contributed by atoms with Gasteiger partial charge >= 0.3 is 5.97 Å². The lowest BCUT2D eigenvalue weighted by molar-refractivity contribution is 0.0702. The van der Waals surface area contributed by atoms with E-state index in [1.54, 1.807) is 0 Å². The maximum atomic E-state index is 11.8. The minimum absolute atomic E-state index is 0.0483. The van der Waals surface area contributed by atoms with Crippen molar-refractivity contribution in [3.63, 3.8) is 0 Å². The number of aromatic carboxylic acids is 1. The van der Waals surface area contributed by atoms with Crippen LogP contribution in [0.2, 0.25) is 0 Å². The molecule has 1 aromatic rings. The van der Waals surface area contributed by atoms with Crippen LogP contribution < -0.4 is 5.32 Å². The summed E-state index contributed by atoms with van der Waals surface area (Å²) in [6.45, 7) is 0.304. The smallest absolute Gasteiger partial charge is 0.345 e. The van der Waals surface area contributed by atoms with Crippen LogP contribution in [0.5, 0.6) is 0 Å². The Balaban J connectivity index is 1.89. The van der Waals surface area contributed by atoms with Crippen molar-refractivity contribution in [2.24, 2.45) is 5.92 Å². The predicted molar refractivity (Wildman–Crippen MR) is 70.4 cm³/mol. The van der Waals surface area contributed by atoms with Gasteiger partial charge in [-0.3, -0.25) is 4.79 Å². The Labute approximate surface area is 114 Å². The van der Waals surface area contributed by atoms with Crippen LogP contribution in [0.1, 0.15) is 25.8 Å². The van der Waals surface area contributed by atoms with Crippen LogP contribution in [0, 0.1) is 5.92 Å². The number of thiophene rings is 1. The van der Waals surface area contributed by atoms with Gasteiger partial charge in [0.2, 0.25) is 0 Å². The Morgan fingerprint density at radius 1 is 1.37 bits per heavy atom. The molecule has 1 atom stereocenters. The van der Waals surface area contributed by atoms with Gasteiger partial charge in [-0.1, -0.05) is 0 Å². The van der Waals surface area contributed by atoms with Gasteiger partial charge in [0.05, 0.1) is 16.4 Å². The van der Waals surface area contributed by atoms with Crippen molar-refractivity contribution in [1.82, 2.24) is 5.32 Å². The fraction of sp³-hybridized carbons (Fsp3) is 0.455. The van der Waals surface area contributed by atoms with E-state index in [4.69, 9.17) is 5.11 Å². The number of carboxylic acid groups (broad SMARTS) is 1. The van der Waals surface area contributed by atoms with Gasteiger partial charge in [-0.05, 0) is 24.5 Å². The number of carbonyl (C=O) groups is 2. The van der Waals surface area contributed by atoms with Crippen LogP contribution in [-0.2, 0) is 9.84 Å². The largest absolute Gasteiger partial charge is 0.477 e. The summed E-state index contributed by atoms with van der Waals surface area (Å²) in [6, 6.07) is 2.83. The van der Waals surface area contributed by atoms with E-state index < -0.39 is 15.8 Å². The number of sulfone groups is 1. The molecule has 0 radical (unpaired) electrons. The maximum Gasteiger partial charge on any atom is 0.345 e. The highest BCUT2D eigenvalue weighted by Gasteiger charge is 2.28. The SMILES string of the molecule is O=C(O)c1ccc(C(=O)NCC2CCS(=O)(=O)C2)s1. The molecule has 1 aromatic heterocycles. The summed E-state index contributed by atoms with van der Waals surface area (Å²) >= 11 is 0.902. The van der Waals surface area contributed by atoms with Gasteiger partial charge in [-0.25, -0.2) is 13.2 Å². The lowest BCUT2D eigenvalue weighted by Crippen LogP contribution is -2.29. The third kappa shape index (κ3) is 3.54. The second-order valence-corrected chi connectivity index (χ2v) is 7.76. The summed E-state index contributed by atoms with van der Waals surface area (Å²) in [5, 5.41) is 11.4. The summed E-state index contributed by atoms with van der Waals surface area (Å²) < 4.78 is 22.5. The Bertz CT molecular complexity index is 604. The normalized spacial score (nSPS) is 21.2. The zero-order valence-electron chi connectivity index (χ0n) is 9.96. The van der Waals surface area contributed by atoms with Crippen LogP contribution in [0.4, 0.5) is 0 Å². The molecule has 2 N–H and O–H groups in total. The Morgan fingerprint density at radius 3 is 2.58 bits per heavy atom. The van der Waals surface area contributed by atoms with Crippen molar-refractivity contribution in [3.8, 4) is 0 Å². The summed E-state index contributed by atoms with van der Waals surface area (Å²) in [5.41, 5.74) is 0. The molecule has 1 aliphatic heterocycles. The molecule has 104 valence electrons. The van der Waals surface area contributed by atoms with E-state index in [1.807, 2.05) is 0 Å². The van der Waals surface area contributed by atoms with Gasteiger partial charge in [0.1, 0.15) is 4.88 Å². The lowest BCUT2D eigenvalue weighted by Gasteiger charge is -2.08. The standard InChI is InChI=1S/C11H13NO5S2/c13-10(8-1-2-9(18-8)11(14)15)12-5-7-3-4-19(16,17)6-7/h1-2,7H,3-6H2,(H,12,13)(H,14,15). The molecule has 19 heavy (non-hydrogen) atoms. The van der Waals surface area contributed by atoms with E-state index in [0.29, 0.717) is 17.8 Å². The zero-order valence-corrected chi connectivity index (χ0v) is 11.6. The maximum absolute atomic E-state index is 11.8. The first kappa shape index (κ1) is 14.0. The van der Waals surface area contributed by atoms with Gasteiger partial charge in [-0.15, -0.1) is 11.3 Å². The molecule has 6 nitrogen and oxygen atoms in total. The number of nitrogens with one attached hydrogen (secondary N) is 1. The van der Waals surface area contributed by atoms with Crippen molar-refractivity contribution in [1.29, 1.82) is 0 Å². The molecule has 0 aliphatic carbocycles. The van der Waals surface area contributed by atoms with E-state index in [0.717, 1.165) is 11.3 Å². The van der Waals surface area contributed by atoms with E-state index in [1.165, 1.54) is 12.1 Å². The molecular weight excluding hydrogens is 290 g/mol. The highest BCUT2D eigenvalue weighted by Crippen LogP contribution is 2.19. The highest BCUT2D eigenvalue weighted by molar-refractivity contribution is 7.91. The third-order valence-electron chi connectivity index (χ3n) is 2.92. The lowest BCUT2D eigenvalue weighted by atomic mass is 10.1. The molecule has 2 heterocycles. The average molecular weight is 303 g/mol. The zero-order chi connectivity index (χ0) is 14.0. The summed E-state index contributed by atoms with van der Waals surface area (Å²) in [6.07, 6.45) is 0.563. The minimum atomic E-state index is -2.94. The first-order valence-corrected chi connectivity index (χ1v) is 8.33. The van der Waals surface area contributed by atoms with Crippen LogP contribution in [0.25, 0.3) is 0 Å². The summed E-state index contributed by atoms with van der Waals surface area (Å²) in [7, 11) is -2.94. The number of amides is 1. The third-order valence-corrected chi connectivity index (χ3v) is 5.83. The molecule has 1 fully saturated rings. The second-order valence-electron chi connectivity index (χ2n) is 4.45. The molecule has 2 rings (SSSR count). The van der Waals surface area contributed by atoms with E-state index in [-0.39, 0.29) is 28.2 Å². The van der Waals surface area contributed by atoms with Crippen molar-refractivity contribution < 1.29 is 23.1 Å². The van der Waals surface area contributed by atoms with E-state index in [2.05, 4.69) is 5.32 Å². The molecule has 0 spiro atoms. The first-order chi connectivity index (χ1) is 8.87. The van der Waals surface area contributed by atoms with Crippen molar-refractivity contribution in [2.45, 2.75) is 6.42 Å². The Kier molecular flexibility index (Phi) is 3.91. The fourth-order valence-corrected chi connectivity index (χ4v) is 4.56. The molecule has 1 saturated heterocycles. The van der Waals surface area contributed by atoms with Crippen molar-refractivity contribution in [3.05, 3.63) is 21.9 Å². The highest BCUT2D eigenvalue weighted by atomic mass is 32.2. The predicted octanol–water partition coefficient (Wildman–Crippen LogP) is 0.611. The first-order valence-electron chi connectivity index (χ1n) is 5.69.